The third kappa shape index (κ3) is 4.83. The molecule has 26 heavy (non-hydrogen) atoms. The van der Waals surface area contributed by atoms with Gasteiger partial charge < -0.3 is 15.1 Å². The summed E-state index contributed by atoms with van der Waals surface area (Å²) < 4.78 is 30.8. The number of rotatable bonds is 6. The van der Waals surface area contributed by atoms with Crippen LogP contribution in [0.15, 0.2) is 38.6 Å². The number of nitrogens with one attached hydrogen (secondary N) is 2. The second kappa shape index (κ2) is 8.33. The molecule has 2 aromatic rings. The van der Waals surface area contributed by atoms with Crippen LogP contribution in [0.1, 0.15) is 22.9 Å². The fraction of sp³-hybridized carbons (Fsp3) is 0.412. The van der Waals surface area contributed by atoms with E-state index in [4.69, 9.17) is 4.42 Å². The van der Waals surface area contributed by atoms with Gasteiger partial charge in [-0.05, 0) is 31.5 Å². The maximum Gasteiger partial charge on any atom is 0.242 e. The lowest BCUT2D eigenvalue weighted by Gasteiger charge is -2.13. The van der Waals surface area contributed by atoms with Crippen molar-refractivity contribution in [2.24, 2.45) is 4.99 Å². The molecule has 0 saturated carbocycles. The Hall–Kier alpha value is -2.39. The van der Waals surface area contributed by atoms with Gasteiger partial charge in [0, 0.05) is 27.7 Å². The van der Waals surface area contributed by atoms with Crippen molar-refractivity contribution >= 4 is 16.0 Å². The number of aryl methyl sites for hydroxylation is 2. The summed E-state index contributed by atoms with van der Waals surface area (Å²) in [4.78, 5) is 8.73. The minimum absolute atomic E-state index is 0.267. The number of sulfonamides is 1. The topological polar surface area (TPSA) is 99.8 Å². The van der Waals surface area contributed by atoms with Crippen LogP contribution in [0.25, 0.3) is 0 Å². The minimum Gasteiger partial charge on any atom is -0.444 e. The highest BCUT2D eigenvalue weighted by Crippen LogP contribution is 2.14. The molecule has 0 aliphatic heterocycles. The van der Waals surface area contributed by atoms with Crippen LogP contribution in [-0.2, 0) is 23.1 Å². The number of aromatic nitrogens is 1. The largest absolute Gasteiger partial charge is 0.444 e. The van der Waals surface area contributed by atoms with Gasteiger partial charge in [0.15, 0.2) is 5.96 Å². The molecule has 0 radical (unpaired) electrons. The van der Waals surface area contributed by atoms with E-state index >= 15 is 0 Å². The van der Waals surface area contributed by atoms with E-state index < -0.39 is 10.0 Å². The first kappa shape index (κ1) is 19.9. The average Bonchev–Trinajstić information content (AvgIpc) is 2.93. The number of benzene rings is 1. The molecule has 1 aromatic carbocycles. The molecule has 0 atom stereocenters. The molecule has 1 aromatic heterocycles. The number of nitrogens with zero attached hydrogens (tertiary/aromatic N) is 3. The number of hydrogen-bond donors (Lipinski definition) is 2. The van der Waals surface area contributed by atoms with Gasteiger partial charge in [0.1, 0.15) is 5.76 Å². The van der Waals surface area contributed by atoms with Crippen LogP contribution in [0.3, 0.4) is 0 Å². The predicted molar refractivity (Wildman–Crippen MR) is 100 cm³/mol. The van der Waals surface area contributed by atoms with Gasteiger partial charge in [-0.2, -0.15) is 0 Å². The Kier molecular flexibility index (Phi) is 6.38. The summed E-state index contributed by atoms with van der Waals surface area (Å²) in [5.41, 5.74) is 1.81. The normalized spacial score (nSPS) is 12.5. The molecular formula is C17H25N5O3S. The summed E-state index contributed by atoms with van der Waals surface area (Å²) in [6.07, 6.45) is 0. The molecule has 0 fully saturated rings. The molecule has 0 unspecified atom stereocenters. The van der Waals surface area contributed by atoms with E-state index in [2.05, 4.69) is 20.6 Å². The number of hydrogen-bond acceptors (Lipinski definition) is 5. The Bertz CT molecular complexity index is 851. The summed E-state index contributed by atoms with van der Waals surface area (Å²) in [5, 5.41) is 6.30. The summed E-state index contributed by atoms with van der Waals surface area (Å²) >= 11 is 0. The summed E-state index contributed by atoms with van der Waals surface area (Å²) in [5.74, 6) is 2.00. The molecule has 0 spiro atoms. The molecule has 2 rings (SSSR count). The van der Waals surface area contributed by atoms with E-state index in [-0.39, 0.29) is 4.90 Å². The summed E-state index contributed by atoms with van der Waals surface area (Å²) in [6.45, 7) is 4.70. The third-order valence-corrected chi connectivity index (χ3v) is 5.69. The van der Waals surface area contributed by atoms with Crippen molar-refractivity contribution < 1.29 is 12.8 Å². The van der Waals surface area contributed by atoms with Gasteiger partial charge >= 0.3 is 0 Å². The first-order valence-corrected chi connectivity index (χ1v) is 9.57. The van der Waals surface area contributed by atoms with Crippen LogP contribution in [0.4, 0.5) is 0 Å². The molecular weight excluding hydrogens is 354 g/mol. The van der Waals surface area contributed by atoms with E-state index in [0.29, 0.717) is 24.9 Å². The lowest BCUT2D eigenvalue weighted by atomic mass is 10.2. The highest BCUT2D eigenvalue weighted by atomic mass is 32.2. The van der Waals surface area contributed by atoms with Crippen LogP contribution < -0.4 is 10.6 Å². The van der Waals surface area contributed by atoms with Crippen molar-refractivity contribution in [2.75, 3.05) is 21.1 Å². The fourth-order valence-electron chi connectivity index (χ4n) is 2.17. The Morgan fingerprint density at radius 3 is 2.27 bits per heavy atom. The zero-order valence-corrected chi connectivity index (χ0v) is 16.5. The molecule has 8 nitrogen and oxygen atoms in total. The second-order valence-electron chi connectivity index (χ2n) is 5.96. The van der Waals surface area contributed by atoms with Crippen molar-refractivity contribution in [2.45, 2.75) is 31.8 Å². The van der Waals surface area contributed by atoms with Gasteiger partial charge in [-0.3, -0.25) is 4.99 Å². The average molecular weight is 379 g/mol. The minimum atomic E-state index is -3.41. The zero-order chi connectivity index (χ0) is 19.3. The van der Waals surface area contributed by atoms with Crippen molar-refractivity contribution in [3.8, 4) is 0 Å². The van der Waals surface area contributed by atoms with Gasteiger partial charge in [-0.1, -0.05) is 12.1 Å². The van der Waals surface area contributed by atoms with E-state index in [1.54, 1.807) is 31.3 Å². The summed E-state index contributed by atoms with van der Waals surface area (Å²) in [6, 6.07) is 6.75. The van der Waals surface area contributed by atoms with E-state index in [9.17, 15) is 8.42 Å². The maximum absolute atomic E-state index is 12.1. The summed E-state index contributed by atoms with van der Waals surface area (Å²) in [7, 11) is 1.29. The molecule has 1 heterocycles. The smallest absolute Gasteiger partial charge is 0.242 e. The molecule has 0 aliphatic carbocycles. The maximum atomic E-state index is 12.1. The van der Waals surface area contributed by atoms with Gasteiger partial charge in [0.05, 0.1) is 17.1 Å². The Morgan fingerprint density at radius 2 is 1.77 bits per heavy atom. The molecule has 0 amide bonds. The van der Waals surface area contributed by atoms with Gasteiger partial charge in [0.25, 0.3) is 0 Å². The van der Waals surface area contributed by atoms with Gasteiger partial charge in [-0.15, -0.1) is 0 Å². The Balaban J connectivity index is 1.92. The number of guanidine groups is 1. The highest BCUT2D eigenvalue weighted by molar-refractivity contribution is 7.89. The quantitative estimate of drug-likeness (QED) is 0.581. The van der Waals surface area contributed by atoms with Crippen LogP contribution in [0.5, 0.6) is 0 Å². The fourth-order valence-corrected chi connectivity index (χ4v) is 3.07. The van der Waals surface area contributed by atoms with E-state index in [1.807, 2.05) is 13.8 Å². The van der Waals surface area contributed by atoms with Crippen molar-refractivity contribution in [3.05, 3.63) is 47.2 Å². The predicted octanol–water partition coefficient (Wildman–Crippen LogP) is 1.41. The second-order valence-corrected chi connectivity index (χ2v) is 8.11. The molecule has 0 aliphatic rings. The van der Waals surface area contributed by atoms with Gasteiger partial charge in [0.2, 0.25) is 15.9 Å². The van der Waals surface area contributed by atoms with Crippen LogP contribution in [-0.4, -0.2) is 44.8 Å². The monoisotopic (exact) mass is 379 g/mol. The SMILES string of the molecule is CN=C(NCc1ccc(S(=O)(=O)N(C)C)cc1)NCc1nc(C)c(C)o1. The first-order chi connectivity index (χ1) is 12.2. The third-order valence-electron chi connectivity index (χ3n) is 3.87. The van der Waals surface area contributed by atoms with Crippen molar-refractivity contribution in [3.63, 3.8) is 0 Å². The Morgan fingerprint density at radius 1 is 1.15 bits per heavy atom. The number of oxazole rings is 1. The Labute approximate surface area is 154 Å². The standard InChI is InChI=1S/C17H25N5O3S/c1-12-13(2)25-16(21-12)11-20-17(18-3)19-10-14-6-8-15(9-7-14)26(23,24)22(4)5/h6-9H,10-11H2,1-5H3,(H2,18,19,20). The molecule has 2 N–H and O–H groups in total. The molecule has 0 saturated heterocycles. The van der Waals surface area contributed by atoms with Crippen LogP contribution >= 0.6 is 0 Å². The lowest BCUT2D eigenvalue weighted by Crippen LogP contribution is -2.36. The van der Waals surface area contributed by atoms with Gasteiger partial charge in [-0.25, -0.2) is 17.7 Å². The molecule has 9 heteroatoms. The lowest BCUT2D eigenvalue weighted by molar-refractivity contribution is 0.463. The van der Waals surface area contributed by atoms with E-state index in [0.717, 1.165) is 17.0 Å². The van der Waals surface area contributed by atoms with Crippen molar-refractivity contribution in [1.82, 2.24) is 19.9 Å². The highest BCUT2D eigenvalue weighted by Gasteiger charge is 2.16. The van der Waals surface area contributed by atoms with Crippen molar-refractivity contribution in [1.29, 1.82) is 0 Å². The van der Waals surface area contributed by atoms with Crippen LogP contribution in [0, 0.1) is 13.8 Å². The van der Waals surface area contributed by atoms with Crippen LogP contribution in [0.2, 0.25) is 0 Å². The molecule has 142 valence electrons. The van der Waals surface area contributed by atoms with E-state index in [1.165, 1.54) is 18.4 Å². The first-order valence-electron chi connectivity index (χ1n) is 8.13. The molecule has 0 bridgehead atoms. The number of aliphatic imine (C=N–C) groups is 1. The zero-order valence-electron chi connectivity index (χ0n) is 15.7.